The molecule has 0 unspecified atom stereocenters. The lowest BCUT2D eigenvalue weighted by atomic mass is 10.1. The third-order valence-corrected chi connectivity index (χ3v) is 3.97. The Morgan fingerprint density at radius 2 is 2.04 bits per heavy atom. The summed E-state index contributed by atoms with van der Waals surface area (Å²) < 4.78 is 30.6. The fraction of sp³-hybridized carbons (Fsp3) is 0.125. The predicted molar refractivity (Wildman–Crippen MR) is 87.4 cm³/mol. The van der Waals surface area contributed by atoms with Crippen molar-refractivity contribution in [2.24, 2.45) is 7.05 Å². The molecule has 0 bridgehead atoms. The maximum Gasteiger partial charge on any atom is 0.187 e. The van der Waals surface area contributed by atoms with Crippen molar-refractivity contribution >= 4 is 27.9 Å². The Hall–Kier alpha value is -3.54. The van der Waals surface area contributed by atoms with Gasteiger partial charge in [0.25, 0.3) is 0 Å². The Balaban J connectivity index is 1.92. The average molecular weight is 339 g/mol. The van der Waals surface area contributed by atoms with Crippen molar-refractivity contribution in [1.29, 1.82) is 0 Å². The third kappa shape index (κ3) is 2.19. The molecule has 0 fully saturated rings. The molecule has 3 aromatic heterocycles. The first-order valence-corrected chi connectivity index (χ1v) is 7.25. The zero-order valence-corrected chi connectivity index (χ0v) is 13.2. The van der Waals surface area contributed by atoms with E-state index >= 15 is 0 Å². The Morgan fingerprint density at radius 1 is 1.24 bits per heavy atom. The van der Waals surface area contributed by atoms with Crippen LogP contribution in [0.5, 0.6) is 0 Å². The van der Waals surface area contributed by atoms with Crippen LogP contribution >= 0.6 is 0 Å². The van der Waals surface area contributed by atoms with Crippen LogP contribution in [0.1, 0.15) is 17.1 Å². The maximum atomic E-state index is 14.7. The lowest BCUT2D eigenvalue weighted by Gasteiger charge is -2.02. The van der Waals surface area contributed by atoms with E-state index in [9.17, 15) is 8.78 Å². The second kappa shape index (κ2) is 5.24. The number of aromatic amines is 1. The summed E-state index contributed by atoms with van der Waals surface area (Å²) in [6.45, 7) is 1.71. The van der Waals surface area contributed by atoms with Crippen molar-refractivity contribution in [3.05, 3.63) is 41.1 Å². The summed E-state index contributed by atoms with van der Waals surface area (Å²) in [7, 11) is 1.66. The highest BCUT2D eigenvalue weighted by atomic mass is 19.1. The lowest BCUT2D eigenvalue weighted by molar-refractivity contribution is 0.582. The molecule has 1 aromatic carbocycles. The molecule has 0 atom stereocenters. The van der Waals surface area contributed by atoms with Crippen LogP contribution < -0.4 is 5.73 Å². The monoisotopic (exact) mass is 339 g/mol. The van der Waals surface area contributed by atoms with Crippen molar-refractivity contribution in [1.82, 2.24) is 29.7 Å². The van der Waals surface area contributed by atoms with E-state index in [1.165, 1.54) is 6.33 Å². The van der Waals surface area contributed by atoms with Gasteiger partial charge in [-0.05, 0) is 12.8 Å². The lowest BCUT2D eigenvalue weighted by Crippen LogP contribution is -1.97. The molecule has 4 aromatic rings. The van der Waals surface area contributed by atoms with Gasteiger partial charge in [0.15, 0.2) is 11.5 Å². The van der Waals surface area contributed by atoms with Crippen LogP contribution in [0.25, 0.3) is 22.1 Å². The van der Waals surface area contributed by atoms with E-state index in [1.807, 2.05) is 0 Å². The predicted octanol–water partition coefficient (Wildman–Crippen LogP) is 1.81. The van der Waals surface area contributed by atoms with Gasteiger partial charge in [-0.3, -0.25) is 5.10 Å². The Bertz CT molecular complexity index is 1210. The number of benzene rings is 1. The fourth-order valence-corrected chi connectivity index (χ4v) is 2.62. The molecule has 124 valence electrons. The van der Waals surface area contributed by atoms with Crippen LogP contribution in [0.15, 0.2) is 12.4 Å². The number of aromatic nitrogens is 6. The highest BCUT2D eigenvalue weighted by Crippen LogP contribution is 2.24. The number of nitrogen functional groups attached to an aromatic ring is 1. The number of hydrogen-bond donors (Lipinski definition) is 2. The van der Waals surface area contributed by atoms with E-state index in [-0.39, 0.29) is 28.1 Å². The molecule has 0 aliphatic rings. The number of fused-ring (bicyclic) bond motifs is 2. The number of halogens is 2. The highest BCUT2D eigenvalue weighted by molar-refractivity contribution is 5.90. The number of aryl methyl sites for hydroxylation is 2. The molecule has 3 heterocycles. The Kier molecular flexibility index (Phi) is 3.15. The molecule has 0 aliphatic carbocycles. The van der Waals surface area contributed by atoms with Crippen LogP contribution in [0, 0.1) is 30.4 Å². The zero-order valence-electron chi connectivity index (χ0n) is 13.2. The highest BCUT2D eigenvalue weighted by Gasteiger charge is 2.17. The number of nitrogens with one attached hydrogen (secondary N) is 1. The van der Waals surface area contributed by atoms with E-state index in [0.717, 1.165) is 6.07 Å². The molecule has 25 heavy (non-hydrogen) atoms. The van der Waals surface area contributed by atoms with E-state index in [4.69, 9.17) is 5.73 Å². The molecule has 0 aliphatic heterocycles. The standard InChI is InChI=1S/C16H11F2N7/c1-7-22-11-5-9(17)8(13(18)14(11)25(7)2)3-4-10-12-15(19)20-6-21-16(12)24-23-10/h5-6H,1-2H3,(H3,19,20,21,23,24). The largest absolute Gasteiger partial charge is 0.383 e. The summed E-state index contributed by atoms with van der Waals surface area (Å²) in [4.78, 5) is 11.9. The van der Waals surface area contributed by atoms with Crippen molar-refractivity contribution in [2.75, 3.05) is 5.73 Å². The van der Waals surface area contributed by atoms with E-state index in [1.54, 1.807) is 18.5 Å². The summed E-state index contributed by atoms with van der Waals surface area (Å²) in [6, 6.07) is 1.16. The SMILES string of the molecule is Cc1nc2cc(F)c(C#Cc3[nH]nc4ncnc(N)c34)c(F)c2n1C. The van der Waals surface area contributed by atoms with Crippen LogP contribution in [0.3, 0.4) is 0 Å². The Morgan fingerprint density at radius 3 is 2.84 bits per heavy atom. The number of nitrogens with zero attached hydrogens (tertiary/aromatic N) is 5. The van der Waals surface area contributed by atoms with Gasteiger partial charge >= 0.3 is 0 Å². The van der Waals surface area contributed by atoms with Crippen LogP contribution in [0.2, 0.25) is 0 Å². The van der Waals surface area contributed by atoms with E-state index in [2.05, 4.69) is 37.0 Å². The normalized spacial score (nSPS) is 11.0. The van der Waals surface area contributed by atoms with Crippen LogP contribution in [0.4, 0.5) is 14.6 Å². The molecule has 0 spiro atoms. The first kappa shape index (κ1) is 15.0. The molecule has 0 saturated carbocycles. The van der Waals surface area contributed by atoms with Gasteiger partial charge in [-0.25, -0.2) is 23.7 Å². The topological polar surface area (TPSA) is 98.3 Å². The van der Waals surface area contributed by atoms with Gasteiger partial charge in [-0.2, -0.15) is 5.10 Å². The van der Waals surface area contributed by atoms with Gasteiger partial charge in [0, 0.05) is 13.1 Å². The van der Waals surface area contributed by atoms with Gasteiger partial charge < -0.3 is 10.3 Å². The molecule has 3 N–H and O–H groups in total. The number of rotatable bonds is 0. The molecular weight excluding hydrogens is 328 g/mol. The molecule has 4 rings (SSSR count). The van der Waals surface area contributed by atoms with Gasteiger partial charge in [0.2, 0.25) is 0 Å². The number of imidazole rings is 1. The first-order valence-electron chi connectivity index (χ1n) is 7.25. The average Bonchev–Trinajstić information content (AvgIpc) is 3.10. The van der Waals surface area contributed by atoms with Crippen molar-refractivity contribution in [3.63, 3.8) is 0 Å². The van der Waals surface area contributed by atoms with Crippen molar-refractivity contribution in [3.8, 4) is 11.8 Å². The van der Waals surface area contributed by atoms with Gasteiger partial charge in [-0.15, -0.1) is 0 Å². The molecule has 0 amide bonds. The summed E-state index contributed by atoms with van der Waals surface area (Å²) in [6.07, 6.45) is 1.27. The van der Waals surface area contributed by atoms with Gasteiger partial charge in [0.1, 0.15) is 35.0 Å². The number of H-pyrrole nitrogens is 1. The molecule has 7 nitrogen and oxygen atoms in total. The van der Waals surface area contributed by atoms with E-state index < -0.39 is 11.6 Å². The summed E-state index contributed by atoms with van der Waals surface area (Å²) in [5.74, 6) is 4.37. The van der Waals surface area contributed by atoms with Crippen LogP contribution in [-0.2, 0) is 7.05 Å². The van der Waals surface area contributed by atoms with Crippen LogP contribution in [-0.4, -0.2) is 29.7 Å². The molecular formula is C16H11F2N7. The molecule has 0 radical (unpaired) electrons. The third-order valence-electron chi connectivity index (χ3n) is 3.97. The maximum absolute atomic E-state index is 14.7. The van der Waals surface area contributed by atoms with E-state index in [0.29, 0.717) is 16.9 Å². The summed E-state index contributed by atoms with van der Waals surface area (Å²) in [5, 5.41) is 7.00. The minimum atomic E-state index is -0.788. The second-order valence-electron chi connectivity index (χ2n) is 5.44. The quantitative estimate of drug-likeness (QED) is 0.476. The number of hydrogen-bond acceptors (Lipinski definition) is 5. The van der Waals surface area contributed by atoms with Crippen molar-refractivity contribution in [2.45, 2.75) is 6.92 Å². The second-order valence-corrected chi connectivity index (χ2v) is 5.44. The Labute approximate surface area is 139 Å². The molecule has 0 saturated heterocycles. The number of nitrogens with two attached hydrogens (primary N) is 1. The van der Waals surface area contributed by atoms with Gasteiger partial charge in [0.05, 0.1) is 16.5 Å². The first-order chi connectivity index (χ1) is 12.0. The summed E-state index contributed by atoms with van der Waals surface area (Å²) in [5.41, 5.74) is 6.49. The van der Waals surface area contributed by atoms with Gasteiger partial charge in [-0.1, -0.05) is 5.92 Å². The minimum Gasteiger partial charge on any atom is -0.383 e. The number of anilines is 1. The minimum absolute atomic E-state index is 0.182. The van der Waals surface area contributed by atoms with Crippen molar-refractivity contribution < 1.29 is 8.78 Å². The molecule has 9 heteroatoms. The fourth-order valence-electron chi connectivity index (χ4n) is 2.62. The summed E-state index contributed by atoms with van der Waals surface area (Å²) >= 11 is 0. The smallest absolute Gasteiger partial charge is 0.187 e. The zero-order chi connectivity index (χ0) is 17.7.